The number of carbonyl (C=O) groups excluding carboxylic acids is 1. The van der Waals surface area contributed by atoms with Gasteiger partial charge in [-0.25, -0.2) is 9.78 Å². The summed E-state index contributed by atoms with van der Waals surface area (Å²) in [5.41, 5.74) is 4.99. The highest BCUT2D eigenvalue weighted by Crippen LogP contribution is 2.23. The molecule has 0 aliphatic carbocycles. The van der Waals surface area contributed by atoms with Crippen LogP contribution in [0, 0.1) is 0 Å². The lowest BCUT2D eigenvalue weighted by Crippen LogP contribution is -2.55. The fourth-order valence-corrected chi connectivity index (χ4v) is 1.46. The number of aromatic amines is 1. The molecule has 7 heteroatoms. The van der Waals surface area contributed by atoms with Crippen LogP contribution in [0.15, 0.2) is 12.5 Å². The molecule has 3 N–H and O–H groups in total. The Morgan fingerprint density at radius 1 is 1.80 bits per heavy atom. The number of hydrogen-bond acceptors (Lipinski definition) is 4. The highest BCUT2D eigenvalue weighted by atomic mass is 35.5. The zero-order valence-electron chi connectivity index (χ0n) is 8.04. The lowest BCUT2D eigenvalue weighted by molar-refractivity contribution is -0.146. The van der Waals surface area contributed by atoms with E-state index in [-0.39, 0.29) is 6.42 Å². The Morgan fingerprint density at radius 2 is 2.47 bits per heavy atom. The van der Waals surface area contributed by atoms with Gasteiger partial charge in [-0.05, 0) is 0 Å². The van der Waals surface area contributed by atoms with E-state index in [0.717, 1.165) is 0 Å². The van der Waals surface area contributed by atoms with Gasteiger partial charge >= 0.3 is 5.97 Å². The average molecular weight is 252 g/mol. The zero-order valence-corrected chi connectivity index (χ0v) is 9.55. The van der Waals surface area contributed by atoms with Crippen molar-refractivity contribution in [3.05, 3.63) is 18.2 Å². The van der Waals surface area contributed by atoms with E-state index in [0.29, 0.717) is 5.69 Å². The molecule has 1 atom stereocenters. The summed E-state index contributed by atoms with van der Waals surface area (Å²) in [6.07, 6.45) is 3.16. The number of nitrogens with zero attached hydrogens (tertiary/aromatic N) is 1. The number of esters is 1. The van der Waals surface area contributed by atoms with E-state index in [4.69, 9.17) is 28.9 Å². The van der Waals surface area contributed by atoms with Crippen LogP contribution in [0.1, 0.15) is 5.69 Å². The summed E-state index contributed by atoms with van der Waals surface area (Å²) in [6, 6.07) is 0. The molecule has 0 bridgehead atoms. The van der Waals surface area contributed by atoms with E-state index in [1.165, 1.54) is 13.4 Å². The molecule has 0 radical (unpaired) electrons. The molecule has 1 aromatic rings. The molecule has 1 unspecified atom stereocenters. The predicted molar refractivity (Wildman–Crippen MR) is 56.7 cm³/mol. The molecule has 0 saturated heterocycles. The quantitative estimate of drug-likeness (QED) is 0.608. The third-order valence-electron chi connectivity index (χ3n) is 1.99. The number of nitrogens with one attached hydrogen (secondary N) is 1. The largest absolute Gasteiger partial charge is 0.468 e. The maximum atomic E-state index is 11.5. The predicted octanol–water partition coefficient (Wildman–Crippen LogP) is 0.626. The molecular formula is C8H11Cl2N3O2. The van der Waals surface area contributed by atoms with Crippen molar-refractivity contribution in [1.29, 1.82) is 0 Å². The van der Waals surface area contributed by atoms with Crippen molar-refractivity contribution in [2.24, 2.45) is 5.73 Å². The average Bonchev–Trinajstić information content (AvgIpc) is 2.68. The van der Waals surface area contributed by atoms with E-state index in [2.05, 4.69) is 14.7 Å². The molecule has 0 aliphatic rings. The summed E-state index contributed by atoms with van der Waals surface area (Å²) in [7, 11) is 1.23. The molecule has 84 valence electrons. The molecule has 0 saturated carbocycles. The third-order valence-corrected chi connectivity index (χ3v) is 2.77. The van der Waals surface area contributed by atoms with Crippen LogP contribution in [0.2, 0.25) is 0 Å². The summed E-state index contributed by atoms with van der Waals surface area (Å²) in [6.45, 7) is 0. The van der Waals surface area contributed by atoms with Crippen molar-refractivity contribution >= 4 is 29.2 Å². The van der Waals surface area contributed by atoms with E-state index in [1.807, 2.05) is 0 Å². The van der Waals surface area contributed by atoms with Crippen LogP contribution >= 0.6 is 23.2 Å². The molecule has 0 fully saturated rings. The van der Waals surface area contributed by atoms with E-state index in [1.54, 1.807) is 6.20 Å². The van der Waals surface area contributed by atoms with Crippen LogP contribution in [-0.2, 0) is 16.0 Å². The van der Waals surface area contributed by atoms with Gasteiger partial charge in [-0.2, -0.15) is 0 Å². The molecular weight excluding hydrogens is 241 g/mol. The topological polar surface area (TPSA) is 81.0 Å². The number of imidazole rings is 1. The molecule has 1 aromatic heterocycles. The van der Waals surface area contributed by atoms with Crippen LogP contribution in [-0.4, -0.2) is 33.4 Å². The lowest BCUT2D eigenvalue weighted by atomic mass is 9.97. The van der Waals surface area contributed by atoms with Gasteiger partial charge in [-0.15, -0.1) is 23.2 Å². The minimum Gasteiger partial charge on any atom is -0.468 e. The number of hydrogen-bond donors (Lipinski definition) is 2. The first-order valence-corrected chi connectivity index (χ1v) is 5.00. The molecule has 0 aromatic carbocycles. The smallest absolute Gasteiger partial charge is 0.329 e. The standard InChI is InChI=1S/C8H11Cl2N3O2/c1-15-7(14)8(11,6(9)10)2-5-3-12-4-13-5/h3-4,6H,2,11H2,1H3,(H,12,13). The molecule has 0 amide bonds. The van der Waals surface area contributed by atoms with Crippen molar-refractivity contribution in [2.75, 3.05) is 7.11 Å². The highest BCUT2D eigenvalue weighted by Gasteiger charge is 2.42. The first-order valence-electron chi connectivity index (χ1n) is 4.13. The summed E-state index contributed by atoms with van der Waals surface area (Å²) < 4.78 is 4.56. The van der Waals surface area contributed by atoms with Gasteiger partial charge in [0.1, 0.15) is 4.84 Å². The molecule has 1 rings (SSSR count). The second-order valence-electron chi connectivity index (χ2n) is 3.09. The summed E-state index contributed by atoms with van der Waals surface area (Å²) in [5, 5.41) is 0. The van der Waals surface area contributed by atoms with E-state index < -0.39 is 16.3 Å². The number of rotatable bonds is 4. The van der Waals surface area contributed by atoms with E-state index in [9.17, 15) is 4.79 Å². The lowest BCUT2D eigenvalue weighted by Gasteiger charge is -2.26. The Balaban J connectivity index is 2.87. The molecule has 15 heavy (non-hydrogen) atoms. The summed E-state index contributed by atoms with van der Waals surface area (Å²) >= 11 is 11.4. The maximum absolute atomic E-state index is 11.5. The van der Waals surface area contributed by atoms with Gasteiger partial charge in [0.15, 0.2) is 5.54 Å². The van der Waals surface area contributed by atoms with E-state index >= 15 is 0 Å². The van der Waals surface area contributed by atoms with Crippen molar-refractivity contribution in [2.45, 2.75) is 16.8 Å². The monoisotopic (exact) mass is 251 g/mol. The van der Waals surface area contributed by atoms with Crippen LogP contribution in [0.4, 0.5) is 0 Å². The van der Waals surface area contributed by atoms with Gasteiger partial charge in [-0.1, -0.05) is 0 Å². The number of alkyl halides is 2. The summed E-state index contributed by atoms with van der Waals surface area (Å²) in [4.78, 5) is 17.0. The van der Waals surface area contributed by atoms with Gasteiger partial charge in [0.2, 0.25) is 0 Å². The highest BCUT2D eigenvalue weighted by molar-refractivity contribution is 6.46. The second kappa shape index (κ2) is 4.83. The Bertz CT molecular complexity index is 329. The Morgan fingerprint density at radius 3 is 2.87 bits per heavy atom. The van der Waals surface area contributed by atoms with Crippen LogP contribution in [0.5, 0.6) is 0 Å². The number of ether oxygens (including phenoxy) is 1. The zero-order chi connectivity index (χ0) is 11.5. The maximum Gasteiger partial charge on any atom is 0.329 e. The van der Waals surface area contributed by atoms with Crippen molar-refractivity contribution in [3.63, 3.8) is 0 Å². The fraction of sp³-hybridized carbons (Fsp3) is 0.500. The van der Waals surface area contributed by atoms with Crippen molar-refractivity contribution < 1.29 is 9.53 Å². The second-order valence-corrected chi connectivity index (χ2v) is 4.18. The van der Waals surface area contributed by atoms with Gasteiger partial charge in [0, 0.05) is 18.3 Å². The fourth-order valence-electron chi connectivity index (χ4n) is 1.12. The summed E-state index contributed by atoms with van der Waals surface area (Å²) in [5.74, 6) is -0.660. The molecule has 0 aliphatic heterocycles. The number of H-pyrrole nitrogens is 1. The number of aromatic nitrogens is 2. The Labute approximate surface area is 96.9 Å². The molecule has 5 nitrogen and oxygen atoms in total. The third kappa shape index (κ3) is 2.62. The molecule has 1 heterocycles. The number of methoxy groups -OCH3 is 1. The van der Waals surface area contributed by atoms with Crippen LogP contribution in [0.25, 0.3) is 0 Å². The van der Waals surface area contributed by atoms with Crippen molar-refractivity contribution in [3.8, 4) is 0 Å². The van der Waals surface area contributed by atoms with Crippen molar-refractivity contribution in [1.82, 2.24) is 9.97 Å². The first-order chi connectivity index (χ1) is 7.00. The normalized spacial score (nSPS) is 15.0. The number of halogens is 2. The number of carbonyl (C=O) groups is 1. The minimum absolute atomic E-state index is 0.136. The number of nitrogens with two attached hydrogens (primary N) is 1. The van der Waals surface area contributed by atoms with Gasteiger partial charge in [0.05, 0.1) is 13.4 Å². The Hall–Kier alpha value is -0.780. The van der Waals surface area contributed by atoms with Gasteiger partial charge < -0.3 is 15.5 Å². The van der Waals surface area contributed by atoms with Gasteiger partial charge in [0.25, 0.3) is 0 Å². The minimum atomic E-state index is -1.47. The Kier molecular flexibility index (Phi) is 3.96. The SMILES string of the molecule is COC(=O)C(N)(Cc1cnc[nH]1)C(Cl)Cl. The molecule has 0 spiro atoms. The van der Waals surface area contributed by atoms with Crippen LogP contribution < -0.4 is 5.73 Å². The first kappa shape index (κ1) is 12.3. The van der Waals surface area contributed by atoms with Crippen LogP contribution in [0.3, 0.4) is 0 Å². The van der Waals surface area contributed by atoms with Gasteiger partial charge in [-0.3, -0.25) is 0 Å².